The quantitative estimate of drug-likeness (QED) is 0.798. The summed E-state index contributed by atoms with van der Waals surface area (Å²) in [5, 5.41) is 0. The van der Waals surface area contributed by atoms with Gasteiger partial charge in [-0.25, -0.2) is 0 Å². The fourth-order valence-electron chi connectivity index (χ4n) is 1.47. The van der Waals surface area contributed by atoms with Crippen molar-refractivity contribution in [3.8, 4) is 0 Å². The zero-order valence-electron chi connectivity index (χ0n) is 9.34. The van der Waals surface area contributed by atoms with E-state index in [1.807, 2.05) is 6.07 Å². The maximum Gasteiger partial charge on any atom is 0.0359 e. The maximum absolute atomic E-state index is 2.22. The molecule has 0 amide bonds. The van der Waals surface area contributed by atoms with Crippen LogP contribution in [0, 0.1) is 0 Å². The average Bonchev–Trinajstić information content (AvgIpc) is 2.30. The molecule has 0 aromatic heterocycles. The van der Waals surface area contributed by atoms with Gasteiger partial charge in [-0.05, 0) is 23.4 Å². The normalized spacial score (nSPS) is 14.8. The SMILES string of the molecule is Br.CN1C=CC(C=Cc2ccccc2)=CC1. The number of hydrogen-bond acceptors (Lipinski definition) is 1. The second-order valence-corrected chi connectivity index (χ2v) is 3.70. The lowest BCUT2D eigenvalue weighted by atomic mass is 10.1. The minimum atomic E-state index is 0. The van der Waals surface area contributed by atoms with E-state index in [2.05, 4.69) is 66.7 Å². The monoisotopic (exact) mass is 277 g/mol. The Labute approximate surface area is 108 Å². The Morgan fingerprint density at radius 3 is 2.50 bits per heavy atom. The molecular formula is C14H16BrN. The summed E-state index contributed by atoms with van der Waals surface area (Å²) in [6, 6.07) is 10.4. The Balaban J connectivity index is 0.00000128. The minimum absolute atomic E-state index is 0. The molecule has 0 radical (unpaired) electrons. The molecule has 1 heterocycles. The third-order valence-electron chi connectivity index (χ3n) is 2.40. The third-order valence-corrected chi connectivity index (χ3v) is 2.40. The number of hydrogen-bond donors (Lipinski definition) is 0. The highest BCUT2D eigenvalue weighted by atomic mass is 79.9. The molecule has 0 unspecified atom stereocenters. The van der Waals surface area contributed by atoms with Crippen LogP contribution in [0.15, 0.2) is 60.3 Å². The molecule has 1 aromatic rings. The molecule has 0 aliphatic carbocycles. The summed E-state index contributed by atoms with van der Waals surface area (Å²) in [6.07, 6.45) is 10.7. The largest absolute Gasteiger partial charge is 0.377 e. The number of allylic oxidation sites excluding steroid dienone is 3. The van der Waals surface area contributed by atoms with Gasteiger partial charge in [0.25, 0.3) is 0 Å². The van der Waals surface area contributed by atoms with E-state index < -0.39 is 0 Å². The van der Waals surface area contributed by atoms with Gasteiger partial charge in [-0.3, -0.25) is 0 Å². The van der Waals surface area contributed by atoms with E-state index in [1.54, 1.807) is 0 Å². The summed E-state index contributed by atoms with van der Waals surface area (Å²) in [4.78, 5) is 2.15. The standard InChI is InChI=1S/C14H15N.BrH/c1-15-11-9-14(10-12-15)8-7-13-5-3-2-4-6-13;/h2-11H,12H2,1H3;1H. The van der Waals surface area contributed by atoms with Gasteiger partial charge in [0.2, 0.25) is 0 Å². The molecule has 2 rings (SSSR count). The summed E-state index contributed by atoms with van der Waals surface area (Å²) < 4.78 is 0. The highest BCUT2D eigenvalue weighted by Crippen LogP contribution is 2.09. The second-order valence-electron chi connectivity index (χ2n) is 3.70. The van der Waals surface area contributed by atoms with Crippen LogP contribution in [0.5, 0.6) is 0 Å². The number of rotatable bonds is 2. The van der Waals surface area contributed by atoms with E-state index in [9.17, 15) is 0 Å². The van der Waals surface area contributed by atoms with Crippen molar-refractivity contribution in [2.45, 2.75) is 0 Å². The number of benzene rings is 1. The Morgan fingerprint density at radius 2 is 1.88 bits per heavy atom. The first kappa shape index (κ1) is 12.8. The van der Waals surface area contributed by atoms with Gasteiger partial charge >= 0.3 is 0 Å². The molecule has 1 aliphatic rings. The van der Waals surface area contributed by atoms with Crippen molar-refractivity contribution in [3.05, 3.63) is 65.9 Å². The molecule has 0 fully saturated rings. The molecule has 1 aliphatic heterocycles. The molecule has 84 valence electrons. The van der Waals surface area contributed by atoms with Crippen LogP contribution in [0.1, 0.15) is 5.56 Å². The first-order chi connectivity index (χ1) is 7.34. The lowest BCUT2D eigenvalue weighted by Crippen LogP contribution is -2.12. The van der Waals surface area contributed by atoms with Crippen molar-refractivity contribution in [1.29, 1.82) is 0 Å². The van der Waals surface area contributed by atoms with Crippen molar-refractivity contribution in [1.82, 2.24) is 4.90 Å². The summed E-state index contributed by atoms with van der Waals surface area (Å²) in [7, 11) is 2.07. The van der Waals surface area contributed by atoms with Crippen molar-refractivity contribution in [2.75, 3.05) is 13.6 Å². The van der Waals surface area contributed by atoms with E-state index in [0.717, 1.165) is 6.54 Å². The summed E-state index contributed by atoms with van der Waals surface area (Å²) >= 11 is 0. The fourth-order valence-corrected chi connectivity index (χ4v) is 1.47. The number of halogens is 1. The summed E-state index contributed by atoms with van der Waals surface area (Å²) in [5.41, 5.74) is 2.52. The van der Waals surface area contributed by atoms with Crippen LogP contribution in [0.2, 0.25) is 0 Å². The van der Waals surface area contributed by atoms with Gasteiger partial charge < -0.3 is 4.90 Å². The maximum atomic E-state index is 2.22. The van der Waals surface area contributed by atoms with Crippen molar-refractivity contribution >= 4 is 23.1 Å². The van der Waals surface area contributed by atoms with Crippen molar-refractivity contribution in [3.63, 3.8) is 0 Å². The molecule has 0 saturated heterocycles. The third kappa shape index (κ3) is 3.70. The zero-order valence-corrected chi connectivity index (χ0v) is 11.0. The Morgan fingerprint density at radius 1 is 1.12 bits per heavy atom. The van der Waals surface area contributed by atoms with Crippen LogP contribution in [-0.2, 0) is 0 Å². The topological polar surface area (TPSA) is 3.24 Å². The molecule has 1 nitrogen and oxygen atoms in total. The van der Waals surface area contributed by atoms with Gasteiger partial charge in [-0.15, -0.1) is 17.0 Å². The molecule has 1 aromatic carbocycles. The van der Waals surface area contributed by atoms with Gasteiger partial charge in [-0.2, -0.15) is 0 Å². The summed E-state index contributed by atoms with van der Waals surface area (Å²) in [6.45, 7) is 0.991. The van der Waals surface area contributed by atoms with Crippen LogP contribution in [0.4, 0.5) is 0 Å². The highest BCUT2D eigenvalue weighted by Gasteiger charge is 1.96. The molecule has 0 spiro atoms. The van der Waals surface area contributed by atoms with Crippen LogP contribution in [-0.4, -0.2) is 18.5 Å². The van der Waals surface area contributed by atoms with Crippen LogP contribution < -0.4 is 0 Å². The van der Waals surface area contributed by atoms with Crippen LogP contribution in [0.25, 0.3) is 6.08 Å². The zero-order chi connectivity index (χ0) is 10.5. The molecule has 2 heteroatoms. The van der Waals surface area contributed by atoms with E-state index in [0.29, 0.717) is 0 Å². The average molecular weight is 278 g/mol. The van der Waals surface area contributed by atoms with Gasteiger partial charge in [0.15, 0.2) is 0 Å². The molecular weight excluding hydrogens is 262 g/mol. The first-order valence-electron chi connectivity index (χ1n) is 5.16. The van der Waals surface area contributed by atoms with E-state index in [-0.39, 0.29) is 17.0 Å². The first-order valence-corrected chi connectivity index (χ1v) is 5.16. The van der Waals surface area contributed by atoms with Crippen LogP contribution in [0.3, 0.4) is 0 Å². The lowest BCUT2D eigenvalue weighted by molar-refractivity contribution is 0.503. The van der Waals surface area contributed by atoms with E-state index >= 15 is 0 Å². The van der Waals surface area contributed by atoms with Crippen molar-refractivity contribution < 1.29 is 0 Å². The van der Waals surface area contributed by atoms with Gasteiger partial charge in [0, 0.05) is 13.6 Å². The van der Waals surface area contributed by atoms with Gasteiger partial charge in [-0.1, -0.05) is 48.6 Å². The Hall–Kier alpha value is -1.28. The molecule has 16 heavy (non-hydrogen) atoms. The number of likely N-dealkylation sites (N-methyl/N-ethyl adjacent to an activating group) is 1. The van der Waals surface area contributed by atoms with Gasteiger partial charge in [0.1, 0.15) is 0 Å². The fraction of sp³-hybridized carbons (Fsp3) is 0.143. The number of nitrogens with zero attached hydrogens (tertiary/aromatic N) is 1. The van der Waals surface area contributed by atoms with E-state index in [1.165, 1.54) is 11.1 Å². The Bertz CT molecular complexity index is 404. The Kier molecular flexibility index (Phi) is 5.06. The predicted octanol–water partition coefficient (Wildman–Crippen LogP) is 3.66. The molecule has 0 bridgehead atoms. The second kappa shape index (κ2) is 6.33. The lowest BCUT2D eigenvalue weighted by Gasteiger charge is -2.15. The predicted molar refractivity (Wildman–Crippen MR) is 75.7 cm³/mol. The molecule has 0 atom stereocenters. The van der Waals surface area contributed by atoms with Crippen molar-refractivity contribution in [2.24, 2.45) is 0 Å². The minimum Gasteiger partial charge on any atom is -0.377 e. The molecule has 0 saturated carbocycles. The smallest absolute Gasteiger partial charge is 0.0359 e. The van der Waals surface area contributed by atoms with E-state index in [4.69, 9.17) is 0 Å². The van der Waals surface area contributed by atoms with Crippen LogP contribution >= 0.6 is 17.0 Å². The van der Waals surface area contributed by atoms with Gasteiger partial charge in [0.05, 0.1) is 0 Å². The summed E-state index contributed by atoms with van der Waals surface area (Å²) in [5.74, 6) is 0. The highest BCUT2D eigenvalue weighted by molar-refractivity contribution is 8.93. The molecule has 0 N–H and O–H groups in total.